The monoisotopic (exact) mass is 183 g/mol. The second-order valence-corrected chi connectivity index (χ2v) is 5.28. The van der Waals surface area contributed by atoms with Gasteiger partial charge in [0.05, 0.1) is 0 Å². The Balaban J connectivity index is 2.40. The van der Waals surface area contributed by atoms with Crippen LogP contribution in [-0.2, 0) is 9.24 Å². The molecule has 0 aromatic carbocycles. The highest BCUT2D eigenvalue weighted by atomic mass is 35.7. The van der Waals surface area contributed by atoms with Crippen molar-refractivity contribution in [2.75, 3.05) is 13.6 Å². The summed E-state index contributed by atoms with van der Waals surface area (Å²) in [5.74, 6) is 0.554. The summed E-state index contributed by atoms with van der Waals surface area (Å²) >= 11 is 0. The summed E-state index contributed by atoms with van der Waals surface area (Å²) in [7, 11) is 3.10. The Morgan fingerprint density at radius 1 is 1.60 bits per heavy atom. The normalized spacial score (nSPS) is 19.9. The van der Waals surface area contributed by atoms with Crippen LogP contribution in [-0.4, -0.2) is 26.3 Å². The van der Waals surface area contributed by atoms with Crippen molar-refractivity contribution >= 4 is 19.9 Å². The van der Waals surface area contributed by atoms with Gasteiger partial charge in [-0.1, -0.05) is 0 Å². The van der Waals surface area contributed by atoms with E-state index in [4.69, 9.17) is 10.7 Å². The Hall–Kier alpha value is 0.200. The maximum absolute atomic E-state index is 10.6. The Bertz CT molecular complexity index is 210. The maximum atomic E-state index is 10.6. The third-order valence-electron chi connectivity index (χ3n) is 1.58. The molecule has 0 bridgehead atoms. The molecule has 0 amide bonds. The maximum Gasteiger partial charge on any atom is 0.299 e. The molecule has 3 nitrogen and oxygen atoms in total. The van der Waals surface area contributed by atoms with Crippen molar-refractivity contribution in [1.29, 1.82) is 0 Å². The smallest absolute Gasteiger partial charge is 0.195 e. The summed E-state index contributed by atoms with van der Waals surface area (Å²) in [5.41, 5.74) is 0. The van der Waals surface area contributed by atoms with Gasteiger partial charge in [-0.05, 0) is 18.8 Å². The third-order valence-corrected chi connectivity index (χ3v) is 3.18. The number of nitrogens with zero attached hydrogens (tertiary/aromatic N) is 1. The molecule has 1 aliphatic carbocycles. The van der Waals surface area contributed by atoms with Crippen molar-refractivity contribution in [2.45, 2.75) is 12.8 Å². The molecule has 0 radical (unpaired) electrons. The van der Waals surface area contributed by atoms with Gasteiger partial charge >= 0.3 is 0 Å². The van der Waals surface area contributed by atoms with E-state index in [0.29, 0.717) is 12.5 Å². The quantitative estimate of drug-likeness (QED) is 0.608. The number of hydrogen-bond acceptors (Lipinski definition) is 2. The van der Waals surface area contributed by atoms with E-state index in [1.807, 2.05) is 0 Å². The van der Waals surface area contributed by atoms with Crippen LogP contribution in [0.25, 0.3) is 0 Å². The van der Waals surface area contributed by atoms with Crippen molar-refractivity contribution < 1.29 is 8.42 Å². The Morgan fingerprint density at radius 2 is 2.10 bits per heavy atom. The summed E-state index contributed by atoms with van der Waals surface area (Å²) in [4.78, 5) is 0. The van der Waals surface area contributed by atoms with Gasteiger partial charge in [-0.3, -0.25) is 0 Å². The summed E-state index contributed by atoms with van der Waals surface area (Å²) in [5, 5.41) is 0. The molecular formula is C5H10ClNO2S. The minimum Gasteiger partial charge on any atom is -0.195 e. The van der Waals surface area contributed by atoms with Gasteiger partial charge in [0.25, 0.3) is 9.24 Å². The number of halogens is 1. The standard InChI is InChI=1S/C5H10ClNO2S/c1-7(10(6,8)9)4-5-2-3-5/h5H,2-4H2,1H3. The Morgan fingerprint density at radius 3 is 2.40 bits per heavy atom. The fraction of sp³-hybridized carbons (Fsp3) is 1.00. The molecule has 0 aromatic rings. The highest BCUT2D eigenvalue weighted by Gasteiger charge is 2.26. The van der Waals surface area contributed by atoms with E-state index < -0.39 is 9.24 Å². The minimum absolute atomic E-state index is 0.554. The number of hydrogen-bond donors (Lipinski definition) is 0. The largest absolute Gasteiger partial charge is 0.299 e. The average Bonchev–Trinajstić information content (AvgIpc) is 2.47. The van der Waals surface area contributed by atoms with Crippen LogP contribution in [0.4, 0.5) is 0 Å². The first-order valence-electron chi connectivity index (χ1n) is 3.16. The van der Waals surface area contributed by atoms with Crippen LogP contribution in [0, 0.1) is 5.92 Å². The van der Waals surface area contributed by atoms with Gasteiger partial charge in [0.2, 0.25) is 0 Å². The number of rotatable bonds is 3. The van der Waals surface area contributed by atoms with Crippen LogP contribution in [0.1, 0.15) is 12.8 Å². The molecule has 10 heavy (non-hydrogen) atoms. The highest BCUT2D eigenvalue weighted by molar-refractivity contribution is 8.11. The van der Waals surface area contributed by atoms with Gasteiger partial charge in [-0.15, -0.1) is 0 Å². The SMILES string of the molecule is CN(CC1CC1)S(=O)(=O)Cl. The molecule has 5 heteroatoms. The Labute approximate surface area is 65.5 Å². The van der Waals surface area contributed by atoms with Crippen LogP contribution < -0.4 is 0 Å². The molecule has 60 valence electrons. The first-order valence-corrected chi connectivity index (χ1v) is 5.42. The molecule has 0 aliphatic heterocycles. The van der Waals surface area contributed by atoms with Gasteiger partial charge in [0.1, 0.15) is 0 Å². The van der Waals surface area contributed by atoms with Gasteiger partial charge in [0, 0.05) is 24.3 Å². The molecule has 1 fully saturated rings. The van der Waals surface area contributed by atoms with E-state index in [2.05, 4.69) is 0 Å². The summed E-state index contributed by atoms with van der Waals surface area (Å²) in [6.07, 6.45) is 2.27. The molecule has 0 unspecified atom stereocenters. The first-order chi connectivity index (χ1) is 4.50. The van der Waals surface area contributed by atoms with Crippen LogP contribution in [0.15, 0.2) is 0 Å². The molecule has 0 saturated heterocycles. The van der Waals surface area contributed by atoms with Gasteiger partial charge < -0.3 is 0 Å². The molecule has 0 spiro atoms. The second kappa shape index (κ2) is 2.68. The lowest BCUT2D eigenvalue weighted by molar-refractivity contribution is 0.465. The van der Waals surface area contributed by atoms with E-state index in [1.165, 1.54) is 11.4 Å². The fourth-order valence-corrected chi connectivity index (χ4v) is 1.31. The molecule has 1 rings (SSSR count). The molecule has 1 aliphatic rings. The predicted octanol–water partition coefficient (Wildman–Crippen LogP) is 0.812. The molecule has 0 heterocycles. The van der Waals surface area contributed by atoms with E-state index >= 15 is 0 Å². The van der Waals surface area contributed by atoms with Crippen molar-refractivity contribution in [2.24, 2.45) is 5.92 Å². The first kappa shape index (κ1) is 8.30. The van der Waals surface area contributed by atoms with E-state index in [-0.39, 0.29) is 0 Å². The predicted molar refractivity (Wildman–Crippen MR) is 40.1 cm³/mol. The second-order valence-electron chi connectivity index (χ2n) is 2.67. The van der Waals surface area contributed by atoms with Crippen LogP contribution in [0.2, 0.25) is 0 Å². The van der Waals surface area contributed by atoms with Crippen LogP contribution >= 0.6 is 10.7 Å². The van der Waals surface area contributed by atoms with Gasteiger partial charge in [-0.25, -0.2) is 0 Å². The van der Waals surface area contributed by atoms with Crippen molar-refractivity contribution in [3.8, 4) is 0 Å². The molecule has 1 saturated carbocycles. The molecule has 0 aromatic heterocycles. The average molecular weight is 184 g/mol. The van der Waals surface area contributed by atoms with Gasteiger partial charge in [-0.2, -0.15) is 12.7 Å². The van der Waals surface area contributed by atoms with Gasteiger partial charge in [0.15, 0.2) is 0 Å². The lowest BCUT2D eigenvalue weighted by Gasteiger charge is -2.09. The van der Waals surface area contributed by atoms with Crippen molar-refractivity contribution in [1.82, 2.24) is 4.31 Å². The third kappa shape index (κ3) is 2.44. The Kier molecular flexibility index (Phi) is 2.22. The topological polar surface area (TPSA) is 37.4 Å². The highest BCUT2D eigenvalue weighted by Crippen LogP contribution is 2.30. The summed E-state index contributed by atoms with van der Waals surface area (Å²) in [6, 6.07) is 0. The fourth-order valence-electron chi connectivity index (χ4n) is 0.753. The van der Waals surface area contributed by atoms with E-state index in [0.717, 1.165) is 12.8 Å². The summed E-state index contributed by atoms with van der Waals surface area (Å²) in [6.45, 7) is 0.575. The van der Waals surface area contributed by atoms with E-state index in [9.17, 15) is 8.42 Å². The minimum atomic E-state index is -3.45. The lowest BCUT2D eigenvalue weighted by atomic mass is 10.4. The molecule has 0 N–H and O–H groups in total. The van der Waals surface area contributed by atoms with Crippen LogP contribution in [0.3, 0.4) is 0 Å². The summed E-state index contributed by atoms with van der Waals surface area (Å²) < 4.78 is 22.4. The van der Waals surface area contributed by atoms with Crippen LogP contribution in [0.5, 0.6) is 0 Å². The zero-order valence-electron chi connectivity index (χ0n) is 5.75. The van der Waals surface area contributed by atoms with Crippen molar-refractivity contribution in [3.05, 3.63) is 0 Å². The zero-order chi connectivity index (χ0) is 7.78. The lowest BCUT2D eigenvalue weighted by Crippen LogP contribution is -2.24. The zero-order valence-corrected chi connectivity index (χ0v) is 7.32. The van der Waals surface area contributed by atoms with E-state index in [1.54, 1.807) is 0 Å². The molecular weight excluding hydrogens is 174 g/mol. The molecule has 0 atom stereocenters. The van der Waals surface area contributed by atoms with Crippen molar-refractivity contribution in [3.63, 3.8) is 0 Å².